The number of halogens is 1. The average molecular weight is 374 g/mol. The molecular weight excluding hydrogens is 354 g/mol. The Morgan fingerprint density at radius 3 is 2.71 bits per heavy atom. The van der Waals surface area contributed by atoms with Crippen molar-refractivity contribution in [1.82, 2.24) is 9.97 Å². The summed E-state index contributed by atoms with van der Waals surface area (Å²) in [5, 5.41) is 12.6. The molecule has 0 atom stereocenters. The number of carbonyl (C=O) groups excluding carboxylic acids is 1. The summed E-state index contributed by atoms with van der Waals surface area (Å²) in [5.41, 5.74) is 0.775. The number of nitrogens with zero attached hydrogens (tertiary/aromatic N) is 2. The van der Waals surface area contributed by atoms with Gasteiger partial charge in [0.05, 0.1) is 11.5 Å². The van der Waals surface area contributed by atoms with Gasteiger partial charge in [0.2, 0.25) is 0 Å². The van der Waals surface area contributed by atoms with Crippen molar-refractivity contribution in [2.45, 2.75) is 39.7 Å². The number of carbonyl (C=O) groups is 2. The van der Waals surface area contributed by atoms with E-state index in [1.807, 2.05) is 6.92 Å². The van der Waals surface area contributed by atoms with Crippen LogP contribution < -0.4 is 5.32 Å². The van der Waals surface area contributed by atoms with Gasteiger partial charge in [0.1, 0.15) is 21.9 Å². The summed E-state index contributed by atoms with van der Waals surface area (Å²) in [6.45, 7) is 5.92. The number of carboxylic acid groups (broad SMARTS) is 1. The van der Waals surface area contributed by atoms with Crippen molar-refractivity contribution in [2.75, 3.05) is 11.9 Å². The minimum Gasteiger partial charge on any atom is -0.481 e. The largest absolute Gasteiger partial charge is 0.481 e. The highest BCUT2D eigenvalue weighted by Gasteiger charge is 2.21. The smallest absolute Gasteiger partial charge is 0.348 e. The highest BCUT2D eigenvalue weighted by Crippen LogP contribution is 2.33. The van der Waals surface area contributed by atoms with Crippen molar-refractivity contribution in [3.05, 3.63) is 16.8 Å². The van der Waals surface area contributed by atoms with Crippen LogP contribution in [0.2, 0.25) is 0 Å². The fraction of sp³-hybridized carbons (Fsp3) is 0.467. The molecule has 2 aromatic heterocycles. The van der Waals surface area contributed by atoms with Gasteiger partial charge in [-0.25, -0.2) is 14.8 Å². The molecule has 0 saturated heterocycles. The number of fused-ring (bicyclic) bond motifs is 1. The molecule has 0 aromatic carbocycles. The van der Waals surface area contributed by atoms with Gasteiger partial charge in [0.15, 0.2) is 0 Å². The Labute approximate surface area is 149 Å². The third-order valence-electron chi connectivity index (χ3n) is 3.11. The second-order valence-electron chi connectivity index (χ2n) is 5.34. The second kappa shape index (κ2) is 8.79. The number of anilines is 1. The van der Waals surface area contributed by atoms with Crippen LogP contribution in [0.25, 0.3) is 10.2 Å². The normalized spacial score (nSPS) is 10.5. The Hall–Kier alpha value is -1.93. The van der Waals surface area contributed by atoms with Crippen LogP contribution in [-0.4, -0.2) is 39.7 Å². The molecule has 0 saturated carbocycles. The molecule has 0 fully saturated rings. The van der Waals surface area contributed by atoms with Crippen molar-refractivity contribution >= 4 is 51.7 Å². The molecule has 0 bridgehead atoms. The maximum atomic E-state index is 12.1. The van der Waals surface area contributed by atoms with Crippen LogP contribution in [0.15, 0.2) is 6.33 Å². The van der Waals surface area contributed by atoms with Crippen LogP contribution in [0.4, 0.5) is 5.82 Å². The minimum absolute atomic E-state index is 0. The van der Waals surface area contributed by atoms with Crippen LogP contribution in [0.1, 0.15) is 41.9 Å². The van der Waals surface area contributed by atoms with E-state index in [1.165, 1.54) is 17.7 Å². The lowest BCUT2D eigenvalue weighted by atomic mass is 10.2. The third kappa shape index (κ3) is 4.78. The highest BCUT2D eigenvalue weighted by molar-refractivity contribution is 7.20. The minimum atomic E-state index is -0.829. The van der Waals surface area contributed by atoms with Crippen molar-refractivity contribution in [2.24, 2.45) is 0 Å². The molecule has 2 rings (SSSR count). The van der Waals surface area contributed by atoms with E-state index in [4.69, 9.17) is 9.84 Å². The molecule has 0 aliphatic rings. The van der Waals surface area contributed by atoms with Gasteiger partial charge in [0, 0.05) is 13.0 Å². The van der Waals surface area contributed by atoms with Crippen molar-refractivity contribution in [1.29, 1.82) is 0 Å². The lowest BCUT2D eigenvalue weighted by molar-refractivity contribution is -0.137. The second-order valence-corrected chi connectivity index (χ2v) is 6.34. The van der Waals surface area contributed by atoms with E-state index in [9.17, 15) is 9.59 Å². The first-order valence-electron chi connectivity index (χ1n) is 7.31. The Bertz CT molecular complexity index is 733. The monoisotopic (exact) mass is 373 g/mol. The van der Waals surface area contributed by atoms with Crippen molar-refractivity contribution in [3.8, 4) is 0 Å². The topological polar surface area (TPSA) is 101 Å². The van der Waals surface area contributed by atoms with Gasteiger partial charge in [-0.2, -0.15) is 0 Å². The zero-order chi connectivity index (χ0) is 17.0. The Morgan fingerprint density at radius 2 is 2.08 bits per heavy atom. The molecular formula is C15H20ClN3O4S. The summed E-state index contributed by atoms with van der Waals surface area (Å²) < 4.78 is 5.25. The number of rotatable bonds is 7. The molecule has 2 heterocycles. The number of nitrogens with one attached hydrogen (secondary N) is 1. The van der Waals surface area contributed by atoms with Gasteiger partial charge in [-0.3, -0.25) is 4.79 Å². The first-order chi connectivity index (χ1) is 10.9. The van der Waals surface area contributed by atoms with Crippen molar-refractivity contribution in [3.63, 3.8) is 0 Å². The van der Waals surface area contributed by atoms with E-state index in [0.717, 1.165) is 10.9 Å². The molecule has 7 nitrogen and oxygen atoms in total. The Morgan fingerprint density at radius 1 is 1.38 bits per heavy atom. The number of aromatic nitrogens is 2. The zero-order valence-electron chi connectivity index (χ0n) is 13.7. The Balaban J connectivity index is 0.00000288. The lowest BCUT2D eigenvalue weighted by Gasteiger charge is -2.07. The maximum Gasteiger partial charge on any atom is 0.348 e. The quantitative estimate of drug-likeness (QED) is 0.567. The average Bonchev–Trinajstić information content (AvgIpc) is 2.81. The third-order valence-corrected chi connectivity index (χ3v) is 4.29. The number of aliphatic carboxylic acids is 1. The van der Waals surface area contributed by atoms with Gasteiger partial charge >= 0.3 is 11.9 Å². The lowest BCUT2D eigenvalue weighted by Crippen LogP contribution is -2.11. The molecule has 2 N–H and O–H groups in total. The van der Waals surface area contributed by atoms with Crippen molar-refractivity contribution < 1.29 is 19.4 Å². The van der Waals surface area contributed by atoms with Crippen LogP contribution in [0, 0.1) is 6.92 Å². The van der Waals surface area contributed by atoms with Crippen LogP contribution in [-0.2, 0) is 9.53 Å². The predicted molar refractivity (Wildman–Crippen MR) is 95.3 cm³/mol. The first kappa shape index (κ1) is 20.1. The number of esters is 1. The van der Waals surface area contributed by atoms with Crippen LogP contribution in [0.3, 0.4) is 0 Å². The summed E-state index contributed by atoms with van der Waals surface area (Å²) >= 11 is 1.27. The maximum absolute atomic E-state index is 12.1. The number of hydrogen-bond donors (Lipinski definition) is 2. The fourth-order valence-electron chi connectivity index (χ4n) is 2.11. The molecule has 0 unspecified atom stereocenters. The molecule has 0 aliphatic carbocycles. The summed E-state index contributed by atoms with van der Waals surface area (Å²) in [4.78, 5) is 32.3. The number of thiophene rings is 1. The number of ether oxygens (including phenoxy) is 1. The van der Waals surface area contributed by atoms with E-state index in [2.05, 4.69) is 15.3 Å². The molecule has 24 heavy (non-hydrogen) atoms. The summed E-state index contributed by atoms with van der Waals surface area (Å²) in [5.74, 6) is -0.583. The predicted octanol–water partition coefficient (Wildman–Crippen LogP) is 3.26. The van der Waals surface area contributed by atoms with Gasteiger partial charge in [0.25, 0.3) is 0 Å². The van der Waals surface area contributed by atoms with E-state index in [1.54, 1.807) is 13.8 Å². The first-order valence-corrected chi connectivity index (χ1v) is 8.12. The van der Waals surface area contributed by atoms with Crippen LogP contribution in [0.5, 0.6) is 0 Å². The van der Waals surface area contributed by atoms with Gasteiger partial charge < -0.3 is 15.2 Å². The molecule has 2 aromatic rings. The number of carboxylic acids is 1. The standard InChI is InChI=1S/C15H19N3O4S.ClH/c1-8(2)22-15(21)12-9(3)11-13(16-6-4-5-10(19)20)17-7-18-14(11)23-12;/h7-8H,4-6H2,1-3H3,(H,19,20)(H,16,17,18);1H. The molecule has 0 aliphatic heterocycles. The number of hydrogen-bond acceptors (Lipinski definition) is 7. The molecule has 9 heteroatoms. The van der Waals surface area contributed by atoms with E-state index >= 15 is 0 Å². The van der Waals surface area contributed by atoms with Gasteiger partial charge in [-0.15, -0.1) is 23.7 Å². The SMILES string of the molecule is Cc1c(C(=O)OC(C)C)sc2ncnc(NCCCC(=O)O)c12.Cl. The molecule has 132 valence electrons. The van der Waals surface area contributed by atoms with Crippen LogP contribution >= 0.6 is 23.7 Å². The highest BCUT2D eigenvalue weighted by atomic mass is 35.5. The zero-order valence-corrected chi connectivity index (χ0v) is 15.3. The summed E-state index contributed by atoms with van der Waals surface area (Å²) in [6.07, 6.45) is 1.82. The van der Waals surface area contributed by atoms with Gasteiger partial charge in [-0.1, -0.05) is 0 Å². The van der Waals surface area contributed by atoms with Gasteiger partial charge in [-0.05, 0) is 32.8 Å². The fourth-order valence-corrected chi connectivity index (χ4v) is 3.15. The molecule has 0 amide bonds. The van der Waals surface area contributed by atoms with E-state index in [0.29, 0.717) is 28.5 Å². The summed E-state index contributed by atoms with van der Waals surface area (Å²) in [7, 11) is 0. The Kier molecular flexibility index (Phi) is 7.37. The molecule has 0 spiro atoms. The number of aryl methyl sites for hydroxylation is 1. The summed E-state index contributed by atoms with van der Waals surface area (Å²) in [6, 6.07) is 0. The van der Waals surface area contributed by atoms with E-state index < -0.39 is 5.97 Å². The van der Waals surface area contributed by atoms with E-state index in [-0.39, 0.29) is 30.9 Å². The molecule has 0 radical (unpaired) electrons.